The fourth-order valence-corrected chi connectivity index (χ4v) is 0.901. The summed E-state index contributed by atoms with van der Waals surface area (Å²) < 4.78 is 6.70. The van der Waals surface area contributed by atoms with Gasteiger partial charge in [-0.15, -0.1) is 0 Å². The van der Waals surface area contributed by atoms with E-state index in [1.54, 1.807) is 16.7 Å². The van der Waals surface area contributed by atoms with Gasteiger partial charge in [0.25, 0.3) is 0 Å². The molecule has 0 amide bonds. The Hall–Kier alpha value is -1.09. The van der Waals surface area contributed by atoms with Crippen molar-refractivity contribution in [1.29, 1.82) is 0 Å². The first-order valence-corrected chi connectivity index (χ1v) is 4.72. The van der Waals surface area contributed by atoms with Crippen LogP contribution in [0.4, 0.5) is 0 Å². The molecular formula is C11H18ClNO2. The van der Waals surface area contributed by atoms with Crippen molar-refractivity contribution in [2.75, 3.05) is 19.7 Å². The van der Waals surface area contributed by atoms with E-state index in [0.717, 1.165) is 6.42 Å². The van der Waals surface area contributed by atoms with Crippen LogP contribution in [0.3, 0.4) is 0 Å². The molecule has 0 unspecified atom stereocenters. The van der Waals surface area contributed by atoms with Crippen molar-refractivity contribution >= 4 is 12.2 Å². The van der Waals surface area contributed by atoms with E-state index in [4.69, 9.17) is 4.74 Å². The smallest absolute Gasteiger partial charge is 0.395 e. The number of carbonyl (C=O) groups is 1. The second-order valence-electron chi connectivity index (χ2n) is 2.83. The zero-order chi connectivity index (χ0) is 10.8. The molecular weight excluding hydrogens is 214 g/mol. The lowest BCUT2D eigenvalue weighted by atomic mass is 10.5. The fourth-order valence-electron chi connectivity index (χ4n) is 0.901. The first-order chi connectivity index (χ1) is 6.74. The molecule has 0 fully saturated rings. The maximum absolute atomic E-state index is 11.2. The van der Waals surface area contributed by atoms with E-state index in [1.165, 1.54) is 6.21 Å². The molecule has 3 nitrogen and oxygen atoms in total. The zero-order valence-corrected chi connectivity index (χ0v) is 9.87. The van der Waals surface area contributed by atoms with Gasteiger partial charge in [0.1, 0.15) is 0 Å². The SMILES string of the molecule is C=CC[N+](=CC(=O)OCCC)CC=C.[Cl-]. The Morgan fingerprint density at radius 3 is 2.27 bits per heavy atom. The molecule has 0 heterocycles. The molecule has 0 aliphatic rings. The number of halogens is 1. The first kappa shape index (κ1) is 16.3. The summed E-state index contributed by atoms with van der Waals surface area (Å²) in [6.07, 6.45) is 5.74. The second kappa shape index (κ2) is 11.0. The van der Waals surface area contributed by atoms with Crippen LogP contribution >= 0.6 is 0 Å². The van der Waals surface area contributed by atoms with Crippen LogP contribution in [0.25, 0.3) is 0 Å². The molecule has 0 spiro atoms. The minimum atomic E-state index is -0.310. The molecule has 0 N–H and O–H groups in total. The average Bonchev–Trinajstić information content (AvgIpc) is 2.15. The van der Waals surface area contributed by atoms with Crippen molar-refractivity contribution in [3.05, 3.63) is 25.3 Å². The van der Waals surface area contributed by atoms with Gasteiger partial charge in [0, 0.05) is 0 Å². The van der Waals surface area contributed by atoms with Gasteiger partial charge in [-0.25, -0.2) is 9.37 Å². The van der Waals surface area contributed by atoms with Crippen LogP contribution in [0.2, 0.25) is 0 Å². The molecule has 0 saturated heterocycles. The number of hydrogen-bond acceptors (Lipinski definition) is 2. The van der Waals surface area contributed by atoms with Crippen molar-refractivity contribution in [2.45, 2.75) is 13.3 Å². The van der Waals surface area contributed by atoms with Gasteiger partial charge in [-0.3, -0.25) is 0 Å². The van der Waals surface area contributed by atoms with Crippen LogP contribution in [0, 0.1) is 0 Å². The highest BCUT2D eigenvalue weighted by Gasteiger charge is 2.05. The predicted molar refractivity (Wildman–Crippen MR) is 57.7 cm³/mol. The highest BCUT2D eigenvalue weighted by Crippen LogP contribution is 1.82. The summed E-state index contributed by atoms with van der Waals surface area (Å²) in [4.78, 5) is 11.2. The molecule has 15 heavy (non-hydrogen) atoms. The van der Waals surface area contributed by atoms with Gasteiger partial charge >= 0.3 is 5.97 Å². The third kappa shape index (κ3) is 9.22. The highest BCUT2D eigenvalue weighted by atomic mass is 35.5. The number of esters is 1. The molecule has 0 aliphatic heterocycles. The Morgan fingerprint density at radius 2 is 1.87 bits per heavy atom. The van der Waals surface area contributed by atoms with Crippen molar-refractivity contribution in [3.63, 3.8) is 0 Å². The quantitative estimate of drug-likeness (QED) is 0.229. The van der Waals surface area contributed by atoms with E-state index in [9.17, 15) is 4.79 Å². The normalized spacial score (nSPS) is 8.33. The van der Waals surface area contributed by atoms with E-state index in [0.29, 0.717) is 19.7 Å². The largest absolute Gasteiger partial charge is 1.00 e. The van der Waals surface area contributed by atoms with E-state index >= 15 is 0 Å². The fraction of sp³-hybridized carbons (Fsp3) is 0.455. The van der Waals surface area contributed by atoms with Crippen molar-refractivity contribution in [1.82, 2.24) is 0 Å². The van der Waals surface area contributed by atoms with Crippen LogP contribution in [0.1, 0.15) is 13.3 Å². The predicted octanol–water partition coefficient (Wildman–Crippen LogP) is -1.60. The van der Waals surface area contributed by atoms with Gasteiger partial charge in [-0.1, -0.05) is 20.1 Å². The third-order valence-electron chi connectivity index (χ3n) is 1.46. The molecule has 86 valence electrons. The molecule has 0 aromatic heterocycles. The topological polar surface area (TPSA) is 29.3 Å². The molecule has 0 aromatic rings. The first-order valence-electron chi connectivity index (χ1n) is 4.72. The summed E-state index contributed by atoms with van der Waals surface area (Å²) in [7, 11) is 0. The maximum Gasteiger partial charge on any atom is 0.395 e. The van der Waals surface area contributed by atoms with Crippen LogP contribution in [-0.4, -0.2) is 36.5 Å². The lowest BCUT2D eigenvalue weighted by molar-refractivity contribution is -0.502. The van der Waals surface area contributed by atoms with E-state index in [-0.39, 0.29) is 18.4 Å². The summed E-state index contributed by atoms with van der Waals surface area (Å²) in [6, 6.07) is 0. The molecule has 0 aliphatic carbocycles. The monoisotopic (exact) mass is 231 g/mol. The molecule has 4 heteroatoms. The Bertz CT molecular complexity index is 225. The van der Waals surface area contributed by atoms with Crippen LogP contribution in [0.5, 0.6) is 0 Å². The van der Waals surface area contributed by atoms with E-state index in [1.807, 2.05) is 6.92 Å². The van der Waals surface area contributed by atoms with Gasteiger partial charge in [0.2, 0.25) is 6.21 Å². The Kier molecular flexibility index (Phi) is 12.0. The summed E-state index contributed by atoms with van der Waals surface area (Å²) in [6.45, 7) is 10.9. The van der Waals surface area contributed by atoms with Crippen LogP contribution in [0.15, 0.2) is 25.3 Å². The molecule has 0 atom stereocenters. The maximum atomic E-state index is 11.2. The van der Waals surface area contributed by atoms with Crippen LogP contribution in [-0.2, 0) is 9.53 Å². The van der Waals surface area contributed by atoms with Gasteiger partial charge < -0.3 is 17.1 Å². The standard InChI is InChI=1S/C11H18NO2.ClH/c1-4-7-12(8-5-2)10-11(13)14-9-6-3;/h4-5,10H,1-2,6-9H2,3H3;1H/q+1;/p-1. The third-order valence-corrected chi connectivity index (χ3v) is 1.46. The van der Waals surface area contributed by atoms with E-state index in [2.05, 4.69) is 13.2 Å². The lowest BCUT2D eigenvalue weighted by Gasteiger charge is -1.98. The summed E-state index contributed by atoms with van der Waals surface area (Å²) in [5, 5.41) is 0. The van der Waals surface area contributed by atoms with Gasteiger partial charge in [0.05, 0.1) is 6.61 Å². The summed E-state index contributed by atoms with van der Waals surface area (Å²) in [5.74, 6) is -0.310. The minimum Gasteiger partial charge on any atom is -1.00 e. The van der Waals surface area contributed by atoms with Crippen molar-refractivity contribution < 1.29 is 26.5 Å². The Morgan fingerprint density at radius 1 is 1.33 bits per heavy atom. The van der Waals surface area contributed by atoms with Gasteiger partial charge in [0.15, 0.2) is 13.1 Å². The molecule has 0 bridgehead atoms. The highest BCUT2D eigenvalue weighted by molar-refractivity contribution is 6.20. The van der Waals surface area contributed by atoms with Crippen LogP contribution < -0.4 is 12.4 Å². The number of rotatable bonds is 7. The minimum absolute atomic E-state index is 0. The molecule has 0 saturated carbocycles. The number of hydrogen-bond donors (Lipinski definition) is 0. The molecule has 0 rings (SSSR count). The summed E-state index contributed by atoms with van der Waals surface area (Å²) >= 11 is 0. The van der Waals surface area contributed by atoms with E-state index < -0.39 is 0 Å². The molecule has 0 radical (unpaired) electrons. The lowest BCUT2D eigenvalue weighted by Crippen LogP contribution is -3.00. The zero-order valence-electron chi connectivity index (χ0n) is 9.12. The number of carbonyl (C=O) groups excluding carboxylic acids is 1. The van der Waals surface area contributed by atoms with Gasteiger partial charge in [-0.05, 0) is 18.6 Å². The average molecular weight is 232 g/mol. The second-order valence-corrected chi connectivity index (χ2v) is 2.83. The summed E-state index contributed by atoms with van der Waals surface area (Å²) in [5.41, 5.74) is 0. The van der Waals surface area contributed by atoms with Crippen molar-refractivity contribution in [3.8, 4) is 0 Å². The Labute approximate surface area is 97.5 Å². The number of nitrogens with zero attached hydrogens (tertiary/aromatic N) is 1. The molecule has 0 aromatic carbocycles. The number of ether oxygens (including phenoxy) is 1. The van der Waals surface area contributed by atoms with Crippen molar-refractivity contribution in [2.24, 2.45) is 0 Å². The Balaban J connectivity index is 0. The van der Waals surface area contributed by atoms with Gasteiger partial charge in [-0.2, -0.15) is 0 Å².